The number of thioether (sulfide) groups is 1. The van der Waals surface area contributed by atoms with E-state index in [0.717, 1.165) is 36.8 Å². The van der Waals surface area contributed by atoms with Gasteiger partial charge in [-0.05, 0) is 19.3 Å². The number of aromatic amines is 1. The predicted octanol–water partition coefficient (Wildman–Crippen LogP) is -0.139. The molecule has 3 heterocycles. The van der Waals surface area contributed by atoms with E-state index in [1.807, 2.05) is 4.90 Å². The average Bonchev–Trinajstić information content (AvgIpc) is 3.31. The Morgan fingerprint density at radius 3 is 2.83 bits per heavy atom. The SMILES string of the molecule is O=C(NCCSc1ncn[nH]1)[C@@H]1CNC[C@@H](C(=O)N2CCCC2)C1. The van der Waals surface area contributed by atoms with Gasteiger partial charge in [-0.25, -0.2) is 4.98 Å². The Morgan fingerprint density at radius 1 is 1.29 bits per heavy atom. The number of nitrogens with one attached hydrogen (secondary N) is 3. The minimum atomic E-state index is -0.134. The number of hydrogen-bond donors (Lipinski definition) is 3. The quantitative estimate of drug-likeness (QED) is 0.486. The minimum Gasteiger partial charge on any atom is -0.355 e. The third-order valence-electron chi connectivity index (χ3n) is 4.52. The third kappa shape index (κ3) is 4.47. The average molecular weight is 352 g/mol. The zero-order valence-corrected chi connectivity index (χ0v) is 14.5. The normalized spacial score (nSPS) is 24.1. The van der Waals surface area contributed by atoms with Crippen LogP contribution in [-0.2, 0) is 9.59 Å². The Bertz CT molecular complexity index is 546. The molecule has 2 amide bonds. The van der Waals surface area contributed by atoms with Gasteiger partial charge < -0.3 is 15.5 Å². The molecule has 1 aromatic rings. The standard InChI is InChI=1S/C15H24N6O2S/c22-13(17-3-6-24-15-18-10-19-20-15)11-7-12(9-16-8-11)14(23)21-4-1-2-5-21/h10-12,16H,1-9H2,(H,17,22)(H,18,19,20)/t11-,12-/m0/s1. The van der Waals surface area contributed by atoms with E-state index in [1.165, 1.54) is 18.1 Å². The molecule has 3 N–H and O–H groups in total. The van der Waals surface area contributed by atoms with E-state index in [2.05, 4.69) is 25.8 Å². The van der Waals surface area contributed by atoms with Crippen molar-refractivity contribution < 1.29 is 9.59 Å². The molecule has 0 bridgehead atoms. The van der Waals surface area contributed by atoms with Crippen LogP contribution in [0.5, 0.6) is 0 Å². The molecule has 2 atom stereocenters. The summed E-state index contributed by atoms with van der Waals surface area (Å²) in [5.41, 5.74) is 0. The third-order valence-corrected chi connectivity index (χ3v) is 5.40. The molecular formula is C15H24N6O2S. The lowest BCUT2D eigenvalue weighted by Crippen LogP contribution is -2.49. The minimum absolute atomic E-state index is 0.0274. The van der Waals surface area contributed by atoms with E-state index >= 15 is 0 Å². The van der Waals surface area contributed by atoms with Crippen molar-refractivity contribution in [2.75, 3.05) is 38.5 Å². The Labute approximate surface area is 145 Å². The summed E-state index contributed by atoms with van der Waals surface area (Å²) in [4.78, 5) is 30.8. The first-order chi connectivity index (χ1) is 11.7. The summed E-state index contributed by atoms with van der Waals surface area (Å²) in [6.45, 7) is 3.63. The lowest BCUT2D eigenvalue weighted by Gasteiger charge is -2.31. The van der Waals surface area contributed by atoms with Crippen molar-refractivity contribution in [2.24, 2.45) is 11.8 Å². The number of piperidine rings is 1. The van der Waals surface area contributed by atoms with Gasteiger partial charge in [-0.2, -0.15) is 5.10 Å². The first-order valence-corrected chi connectivity index (χ1v) is 9.48. The van der Waals surface area contributed by atoms with Crippen molar-refractivity contribution in [3.63, 3.8) is 0 Å². The van der Waals surface area contributed by atoms with Crippen molar-refractivity contribution in [3.05, 3.63) is 6.33 Å². The van der Waals surface area contributed by atoms with E-state index < -0.39 is 0 Å². The van der Waals surface area contributed by atoms with Crippen LogP contribution in [0.3, 0.4) is 0 Å². The lowest BCUT2D eigenvalue weighted by molar-refractivity contribution is -0.136. The van der Waals surface area contributed by atoms with E-state index in [-0.39, 0.29) is 23.7 Å². The summed E-state index contributed by atoms with van der Waals surface area (Å²) >= 11 is 1.52. The molecule has 8 nitrogen and oxygen atoms in total. The fraction of sp³-hybridized carbons (Fsp3) is 0.733. The highest BCUT2D eigenvalue weighted by Gasteiger charge is 2.33. The fourth-order valence-electron chi connectivity index (χ4n) is 3.26. The summed E-state index contributed by atoms with van der Waals surface area (Å²) in [6.07, 6.45) is 4.30. The van der Waals surface area contributed by atoms with Crippen LogP contribution in [0, 0.1) is 11.8 Å². The molecule has 132 valence electrons. The number of nitrogens with zero attached hydrogens (tertiary/aromatic N) is 3. The van der Waals surface area contributed by atoms with Crippen LogP contribution in [0.25, 0.3) is 0 Å². The highest BCUT2D eigenvalue weighted by molar-refractivity contribution is 7.99. The van der Waals surface area contributed by atoms with Gasteiger partial charge >= 0.3 is 0 Å². The second-order valence-corrected chi connectivity index (χ2v) is 7.33. The van der Waals surface area contributed by atoms with Gasteiger partial charge in [0.15, 0.2) is 5.16 Å². The second-order valence-electron chi connectivity index (χ2n) is 6.25. The Morgan fingerprint density at radius 2 is 2.08 bits per heavy atom. The van der Waals surface area contributed by atoms with Crippen LogP contribution < -0.4 is 10.6 Å². The lowest BCUT2D eigenvalue weighted by atomic mass is 9.89. The van der Waals surface area contributed by atoms with Crippen LogP contribution in [-0.4, -0.2) is 70.4 Å². The largest absolute Gasteiger partial charge is 0.355 e. The van der Waals surface area contributed by atoms with Gasteiger partial charge in [-0.3, -0.25) is 14.7 Å². The molecule has 0 aromatic carbocycles. The number of carbonyl (C=O) groups excluding carboxylic acids is 2. The molecule has 2 saturated heterocycles. The van der Waals surface area contributed by atoms with Gasteiger partial charge in [0.1, 0.15) is 6.33 Å². The molecule has 0 radical (unpaired) electrons. The Hall–Kier alpha value is -1.61. The summed E-state index contributed by atoms with van der Waals surface area (Å²) in [6, 6.07) is 0. The number of hydrogen-bond acceptors (Lipinski definition) is 6. The molecule has 1 aromatic heterocycles. The smallest absolute Gasteiger partial charge is 0.226 e. The van der Waals surface area contributed by atoms with Crippen LogP contribution >= 0.6 is 11.8 Å². The first kappa shape index (κ1) is 17.2. The zero-order valence-electron chi connectivity index (χ0n) is 13.7. The monoisotopic (exact) mass is 352 g/mol. The van der Waals surface area contributed by atoms with Gasteiger partial charge in [0.2, 0.25) is 11.8 Å². The first-order valence-electron chi connectivity index (χ1n) is 8.49. The number of rotatable bonds is 6. The van der Waals surface area contributed by atoms with E-state index in [0.29, 0.717) is 26.1 Å². The van der Waals surface area contributed by atoms with E-state index in [1.54, 1.807) is 0 Å². The van der Waals surface area contributed by atoms with Crippen molar-refractivity contribution in [2.45, 2.75) is 24.4 Å². The van der Waals surface area contributed by atoms with Crippen LogP contribution in [0.1, 0.15) is 19.3 Å². The predicted molar refractivity (Wildman–Crippen MR) is 90.4 cm³/mol. The fourth-order valence-corrected chi connectivity index (χ4v) is 3.89. The van der Waals surface area contributed by atoms with Crippen molar-refractivity contribution in [3.8, 4) is 0 Å². The topological polar surface area (TPSA) is 103 Å². The van der Waals surface area contributed by atoms with Gasteiger partial charge in [-0.15, -0.1) is 0 Å². The van der Waals surface area contributed by atoms with Crippen LogP contribution in [0.4, 0.5) is 0 Å². The molecule has 2 fully saturated rings. The highest BCUT2D eigenvalue weighted by atomic mass is 32.2. The maximum atomic E-state index is 12.5. The van der Waals surface area contributed by atoms with Crippen molar-refractivity contribution in [1.29, 1.82) is 0 Å². The molecule has 9 heteroatoms. The second kappa shape index (κ2) is 8.48. The van der Waals surface area contributed by atoms with Gasteiger partial charge in [0.05, 0.1) is 11.8 Å². The van der Waals surface area contributed by atoms with Crippen molar-refractivity contribution in [1.82, 2.24) is 30.7 Å². The van der Waals surface area contributed by atoms with Crippen LogP contribution in [0.2, 0.25) is 0 Å². The maximum Gasteiger partial charge on any atom is 0.226 e. The molecule has 24 heavy (non-hydrogen) atoms. The Balaban J connectivity index is 1.40. The van der Waals surface area contributed by atoms with Crippen molar-refractivity contribution >= 4 is 23.6 Å². The summed E-state index contributed by atoms with van der Waals surface area (Å²) < 4.78 is 0. The van der Waals surface area contributed by atoms with Crippen LogP contribution in [0.15, 0.2) is 11.5 Å². The number of likely N-dealkylation sites (tertiary alicyclic amines) is 1. The molecule has 0 saturated carbocycles. The summed E-state index contributed by atoms with van der Waals surface area (Å²) in [7, 11) is 0. The molecular weight excluding hydrogens is 328 g/mol. The molecule has 0 unspecified atom stereocenters. The number of carbonyl (C=O) groups is 2. The zero-order chi connectivity index (χ0) is 16.8. The molecule has 3 rings (SSSR count). The number of H-pyrrole nitrogens is 1. The van der Waals surface area contributed by atoms with E-state index in [4.69, 9.17) is 0 Å². The van der Waals surface area contributed by atoms with Gasteiger partial charge in [-0.1, -0.05) is 11.8 Å². The molecule has 2 aliphatic heterocycles. The maximum absolute atomic E-state index is 12.5. The molecule has 2 aliphatic rings. The summed E-state index contributed by atoms with van der Waals surface area (Å²) in [5, 5.41) is 13.5. The summed E-state index contributed by atoms with van der Waals surface area (Å²) in [5.74, 6) is 0.761. The molecule has 0 spiro atoms. The number of amides is 2. The van der Waals surface area contributed by atoms with Gasteiger partial charge in [0.25, 0.3) is 0 Å². The van der Waals surface area contributed by atoms with E-state index in [9.17, 15) is 9.59 Å². The van der Waals surface area contributed by atoms with Gasteiger partial charge in [0, 0.05) is 38.5 Å². The number of aromatic nitrogens is 3. The Kier molecular flexibility index (Phi) is 6.08. The highest BCUT2D eigenvalue weighted by Crippen LogP contribution is 2.21. The molecule has 0 aliphatic carbocycles.